The van der Waals surface area contributed by atoms with Crippen LogP contribution in [0.4, 0.5) is 17.1 Å². The van der Waals surface area contributed by atoms with E-state index in [1.165, 1.54) is 42.8 Å². The molecule has 3 nitrogen and oxygen atoms in total. The first-order valence-electron chi connectivity index (χ1n) is 17.2. The highest BCUT2D eigenvalue weighted by Crippen LogP contribution is 2.46. The monoisotopic (exact) mass is 669 g/mol. The summed E-state index contributed by atoms with van der Waals surface area (Å²) in [7, 11) is 0. The molecule has 10 rings (SSSR count). The Balaban J connectivity index is 1.19. The summed E-state index contributed by atoms with van der Waals surface area (Å²) in [6.45, 7) is 0. The lowest BCUT2D eigenvalue weighted by Gasteiger charge is -2.28. The van der Waals surface area contributed by atoms with Crippen LogP contribution in [0.15, 0.2) is 188 Å². The molecule has 10 aromatic rings. The Morgan fingerprint density at radius 2 is 1.08 bits per heavy atom. The van der Waals surface area contributed by atoms with Crippen LogP contribution < -0.4 is 4.90 Å². The van der Waals surface area contributed by atoms with Crippen molar-refractivity contribution in [2.75, 3.05) is 4.90 Å². The van der Waals surface area contributed by atoms with Crippen LogP contribution in [-0.4, -0.2) is 9.55 Å². The van der Waals surface area contributed by atoms with Crippen LogP contribution in [0.25, 0.3) is 70.2 Å². The fourth-order valence-electron chi connectivity index (χ4n) is 7.49. The molecule has 0 N–H and O–H groups in total. The first kappa shape index (κ1) is 29.4. The maximum Gasteiger partial charge on any atom is 0.124 e. The summed E-state index contributed by atoms with van der Waals surface area (Å²) >= 11 is 1.74. The third-order valence-electron chi connectivity index (χ3n) is 9.77. The maximum absolute atomic E-state index is 4.95. The van der Waals surface area contributed by atoms with Gasteiger partial charge in [0.2, 0.25) is 0 Å². The molecule has 0 fully saturated rings. The maximum atomic E-state index is 4.95. The molecule has 0 amide bonds. The number of para-hydroxylation sites is 3. The van der Waals surface area contributed by atoms with Crippen molar-refractivity contribution in [2.45, 2.75) is 0 Å². The quantitative estimate of drug-likeness (QED) is 0.176. The summed E-state index contributed by atoms with van der Waals surface area (Å²) in [5.41, 5.74) is 11.4. The van der Waals surface area contributed by atoms with Crippen molar-refractivity contribution in [1.82, 2.24) is 9.55 Å². The van der Waals surface area contributed by atoms with E-state index in [0.717, 1.165) is 44.4 Å². The highest BCUT2D eigenvalue weighted by Gasteiger charge is 2.22. The van der Waals surface area contributed by atoms with Gasteiger partial charge in [-0.3, -0.25) is 0 Å². The fraction of sp³-hybridized carbons (Fsp3) is 0. The molecule has 0 spiro atoms. The molecule has 2 aromatic heterocycles. The number of anilines is 3. The SMILES string of the molecule is c1ccc(-c2nc3ccc(-c4cccc(N(c5ccccc5)c5cc6c(c7ccccc57)c5ccccc5n6-c5ccccc5)c4)cc3s2)cc1. The number of hydrogen-bond donors (Lipinski definition) is 0. The largest absolute Gasteiger partial charge is 0.310 e. The van der Waals surface area contributed by atoms with Crippen molar-refractivity contribution in [3.8, 4) is 27.4 Å². The lowest BCUT2D eigenvalue weighted by Crippen LogP contribution is -2.11. The van der Waals surface area contributed by atoms with Gasteiger partial charge in [0.05, 0.1) is 26.9 Å². The summed E-state index contributed by atoms with van der Waals surface area (Å²) in [5, 5.41) is 6.00. The molecular weight excluding hydrogens is 639 g/mol. The van der Waals surface area contributed by atoms with E-state index in [1.807, 2.05) is 6.07 Å². The third-order valence-corrected chi connectivity index (χ3v) is 10.8. The molecule has 8 aromatic carbocycles. The Hall–Kier alpha value is -6.49. The normalized spacial score (nSPS) is 11.5. The Kier molecular flexibility index (Phi) is 7.00. The molecule has 2 heterocycles. The van der Waals surface area contributed by atoms with E-state index in [9.17, 15) is 0 Å². The van der Waals surface area contributed by atoms with Gasteiger partial charge in [0.15, 0.2) is 0 Å². The minimum atomic E-state index is 1.03. The van der Waals surface area contributed by atoms with Crippen LogP contribution in [0.2, 0.25) is 0 Å². The first-order valence-corrected chi connectivity index (χ1v) is 18.0. The summed E-state index contributed by atoms with van der Waals surface area (Å²) < 4.78 is 3.59. The zero-order valence-electron chi connectivity index (χ0n) is 27.6. The molecule has 0 aliphatic heterocycles. The minimum absolute atomic E-state index is 1.03. The van der Waals surface area contributed by atoms with Crippen LogP contribution in [0.1, 0.15) is 0 Å². The molecule has 0 saturated heterocycles. The van der Waals surface area contributed by atoms with Gasteiger partial charge in [0.25, 0.3) is 0 Å². The average molecular weight is 670 g/mol. The van der Waals surface area contributed by atoms with Crippen LogP contribution in [-0.2, 0) is 0 Å². The van der Waals surface area contributed by atoms with E-state index < -0.39 is 0 Å². The van der Waals surface area contributed by atoms with Crippen molar-refractivity contribution < 1.29 is 0 Å². The number of hydrogen-bond acceptors (Lipinski definition) is 3. The Morgan fingerprint density at radius 1 is 0.451 bits per heavy atom. The van der Waals surface area contributed by atoms with Gasteiger partial charge in [0, 0.05) is 38.8 Å². The Morgan fingerprint density at radius 3 is 1.88 bits per heavy atom. The Bertz CT molecular complexity index is 2850. The van der Waals surface area contributed by atoms with E-state index in [1.54, 1.807) is 11.3 Å². The molecule has 51 heavy (non-hydrogen) atoms. The zero-order valence-corrected chi connectivity index (χ0v) is 28.5. The summed E-state index contributed by atoms with van der Waals surface area (Å²) in [6.07, 6.45) is 0. The van der Waals surface area contributed by atoms with Crippen LogP contribution in [0, 0.1) is 0 Å². The van der Waals surface area contributed by atoms with Gasteiger partial charge in [0.1, 0.15) is 5.01 Å². The number of nitrogens with zero attached hydrogens (tertiary/aromatic N) is 3. The van der Waals surface area contributed by atoms with Gasteiger partial charge in [-0.05, 0) is 77.2 Å². The predicted octanol–water partition coefficient (Wildman–Crippen LogP) is 13.4. The second-order valence-electron chi connectivity index (χ2n) is 12.8. The summed E-state index contributed by atoms with van der Waals surface area (Å²) in [4.78, 5) is 7.36. The van der Waals surface area contributed by atoms with Gasteiger partial charge >= 0.3 is 0 Å². The Labute approximate surface area is 299 Å². The van der Waals surface area contributed by atoms with Gasteiger partial charge in [-0.1, -0.05) is 127 Å². The number of rotatable bonds is 6. The van der Waals surface area contributed by atoms with Crippen molar-refractivity contribution in [1.29, 1.82) is 0 Å². The van der Waals surface area contributed by atoms with Crippen molar-refractivity contribution >= 4 is 71.2 Å². The summed E-state index contributed by atoms with van der Waals surface area (Å²) in [5.74, 6) is 0. The second kappa shape index (κ2) is 12.1. The van der Waals surface area contributed by atoms with E-state index >= 15 is 0 Å². The molecule has 0 aliphatic carbocycles. The number of fused-ring (bicyclic) bond motifs is 6. The van der Waals surface area contributed by atoms with E-state index in [0.29, 0.717) is 0 Å². The molecule has 0 bridgehead atoms. The van der Waals surface area contributed by atoms with Gasteiger partial charge in [-0.25, -0.2) is 4.98 Å². The lowest BCUT2D eigenvalue weighted by molar-refractivity contribution is 1.18. The van der Waals surface area contributed by atoms with Gasteiger partial charge < -0.3 is 9.47 Å². The van der Waals surface area contributed by atoms with Crippen LogP contribution in [0.3, 0.4) is 0 Å². The standard InChI is InChI=1S/C47H31N3S/c1-4-15-32(16-5-1)47-48-41-28-27-34(30-45(41)51-47)33-17-14-22-37(29-33)49(35-18-6-2-7-19-35)43-31-44-46(39-24-11-10-23-38(39)43)40-25-12-13-26-42(40)50(44)36-20-8-3-9-21-36/h1-31H. The molecule has 4 heteroatoms. The highest BCUT2D eigenvalue weighted by atomic mass is 32.1. The van der Waals surface area contributed by atoms with E-state index in [2.05, 4.69) is 191 Å². The third kappa shape index (κ3) is 5.00. The molecule has 240 valence electrons. The van der Waals surface area contributed by atoms with E-state index in [-0.39, 0.29) is 0 Å². The highest BCUT2D eigenvalue weighted by molar-refractivity contribution is 7.21. The molecule has 0 saturated carbocycles. The topological polar surface area (TPSA) is 21.1 Å². The number of thiazole rings is 1. The van der Waals surface area contributed by atoms with E-state index in [4.69, 9.17) is 4.98 Å². The molecule has 0 aliphatic rings. The van der Waals surface area contributed by atoms with Crippen LogP contribution >= 0.6 is 11.3 Å². The molecular formula is C47H31N3S. The van der Waals surface area contributed by atoms with Crippen molar-refractivity contribution in [3.05, 3.63) is 188 Å². The first-order chi connectivity index (χ1) is 25.3. The molecule has 0 unspecified atom stereocenters. The van der Waals surface area contributed by atoms with Crippen molar-refractivity contribution in [3.63, 3.8) is 0 Å². The van der Waals surface area contributed by atoms with Crippen LogP contribution in [0.5, 0.6) is 0 Å². The number of benzene rings is 8. The lowest BCUT2D eigenvalue weighted by atomic mass is 10.00. The van der Waals surface area contributed by atoms with Crippen molar-refractivity contribution in [2.24, 2.45) is 0 Å². The van der Waals surface area contributed by atoms with Gasteiger partial charge in [-0.2, -0.15) is 0 Å². The smallest absolute Gasteiger partial charge is 0.124 e. The zero-order chi connectivity index (χ0) is 33.7. The molecule has 0 atom stereocenters. The van der Waals surface area contributed by atoms with Gasteiger partial charge in [-0.15, -0.1) is 11.3 Å². The summed E-state index contributed by atoms with van der Waals surface area (Å²) in [6, 6.07) is 67.4. The fourth-order valence-corrected chi connectivity index (χ4v) is 8.50. The minimum Gasteiger partial charge on any atom is -0.310 e. The average Bonchev–Trinajstić information content (AvgIpc) is 3.78. The predicted molar refractivity (Wildman–Crippen MR) is 217 cm³/mol. The number of aromatic nitrogens is 2. The molecule has 0 radical (unpaired) electrons. The second-order valence-corrected chi connectivity index (χ2v) is 13.8.